The van der Waals surface area contributed by atoms with Crippen molar-refractivity contribution in [3.63, 3.8) is 0 Å². The lowest BCUT2D eigenvalue weighted by molar-refractivity contribution is 0.745. The third-order valence-corrected chi connectivity index (χ3v) is 14.6. The van der Waals surface area contributed by atoms with Crippen LogP contribution in [0.2, 0.25) is 0 Å². The van der Waals surface area contributed by atoms with Crippen LogP contribution in [0.4, 0.5) is 0 Å². The predicted molar refractivity (Wildman–Crippen MR) is 287 cm³/mol. The van der Waals surface area contributed by atoms with Gasteiger partial charge in [0.1, 0.15) is 0 Å². The minimum Gasteiger partial charge on any atom is -0.0622 e. The third-order valence-electron chi connectivity index (χ3n) is 14.6. The van der Waals surface area contributed by atoms with Crippen LogP contribution in [0.1, 0.15) is 67.1 Å². The van der Waals surface area contributed by atoms with Crippen LogP contribution >= 0.6 is 0 Å². The molecule has 0 saturated carbocycles. The molecule has 0 unspecified atom stereocenters. The zero-order valence-corrected chi connectivity index (χ0v) is 38.4. The Morgan fingerprint density at radius 2 is 0.478 bits per heavy atom. The fourth-order valence-electron chi connectivity index (χ4n) is 11.7. The van der Waals surface area contributed by atoms with Crippen molar-refractivity contribution in [1.82, 2.24) is 0 Å². The molecule has 12 rings (SSSR count). The Morgan fingerprint density at radius 1 is 0.203 bits per heavy atom. The molecule has 1 aliphatic rings. The zero-order chi connectivity index (χ0) is 46.0. The smallest absolute Gasteiger partial charge is 0.0622 e. The van der Waals surface area contributed by atoms with Gasteiger partial charge in [-0.05, 0) is 113 Å². The molecule has 0 saturated heterocycles. The van der Waals surface area contributed by atoms with Crippen LogP contribution in [0.15, 0.2) is 297 Å². The average molecular weight is 879 g/mol. The highest BCUT2D eigenvalue weighted by Gasteiger charge is 2.40. The topological polar surface area (TPSA) is 0 Å². The molecule has 0 heterocycles. The first-order valence-corrected chi connectivity index (χ1v) is 24.1. The molecule has 69 heavy (non-hydrogen) atoms. The summed E-state index contributed by atoms with van der Waals surface area (Å²) in [7, 11) is 0. The summed E-state index contributed by atoms with van der Waals surface area (Å²) in [5.41, 5.74) is 19.9. The van der Waals surface area contributed by atoms with Gasteiger partial charge in [-0.2, -0.15) is 0 Å². The molecule has 0 aliphatic heterocycles. The molecule has 0 aromatic heterocycles. The summed E-state index contributed by atoms with van der Waals surface area (Å²) in [5, 5.41) is 0. The number of fused-ring (bicyclic) bond motifs is 3. The molecule has 0 bridgehead atoms. The molecule has 0 spiro atoms. The highest BCUT2D eigenvalue weighted by Crippen LogP contribution is 2.51. The number of hydrogen-bond donors (Lipinski definition) is 0. The van der Waals surface area contributed by atoms with Gasteiger partial charge in [0.2, 0.25) is 0 Å². The molecule has 0 atom stereocenters. The maximum atomic E-state index is 2.47. The first-order chi connectivity index (χ1) is 34.2. The number of hydrogen-bond acceptors (Lipinski definition) is 0. The highest BCUT2D eigenvalue weighted by molar-refractivity contribution is 5.83. The molecular formula is C69H50. The largest absolute Gasteiger partial charge is 0.0701 e. The van der Waals surface area contributed by atoms with Crippen molar-refractivity contribution in [2.75, 3.05) is 0 Å². The Kier molecular flexibility index (Phi) is 10.9. The Hall–Kier alpha value is -8.58. The predicted octanol–water partition coefficient (Wildman–Crippen LogP) is 16.9. The molecule has 1 aliphatic carbocycles. The second-order valence-corrected chi connectivity index (χ2v) is 18.3. The van der Waals surface area contributed by atoms with Gasteiger partial charge in [0.15, 0.2) is 0 Å². The fraction of sp³-hybridized carbons (Fsp3) is 0.0435. The van der Waals surface area contributed by atoms with E-state index < -0.39 is 10.8 Å². The summed E-state index contributed by atoms with van der Waals surface area (Å²) < 4.78 is 0. The van der Waals surface area contributed by atoms with Gasteiger partial charge < -0.3 is 0 Å². The van der Waals surface area contributed by atoms with E-state index in [0.717, 1.165) is 0 Å². The summed E-state index contributed by atoms with van der Waals surface area (Å²) >= 11 is 0. The summed E-state index contributed by atoms with van der Waals surface area (Å²) in [6, 6.07) is 110. The molecule has 11 aromatic carbocycles. The third kappa shape index (κ3) is 7.16. The van der Waals surface area contributed by atoms with Crippen LogP contribution in [-0.4, -0.2) is 0 Å². The lowest BCUT2D eigenvalue weighted by Crippen LogP contribution is -2.31. The maximum Gasteiger partial charge on any atom is 0.0701 e. The Balaban J connectivity index is 1.11. The first kappa shape index (κ1) is 41.8. The van der Waals surface area contributed by atoms with Crippen molar-refractivity contribution >= 4 is 0 Å². The van der Waals surface area contributed by atoms with Gasteiger partial charge in [-0.3, -0.25) is 0 Å². The molecule has 0 heteroatoms. The lowest BCUT2D eigenvalue weighted by atomic mass is 9.64. The monoisotopic (exact) mass is 878 g/mol. The Labute approximate surface area is 406 Å². The van der Waals surface area contributed by atoms with Crippen LogP contribution in [0.3, 0.4) is 0 Å². The average Bonchev–Trinajstić information content (AvgIpc) is 3.78. The number of rotatable bonds is 11. The quantitative estimate of drug-likeness (QED) is 0.114. The van der Waals surface area contributed by atoms with E-state index in [2.05, 4.69) is 297 Å². The first-order valence-electron chi connectivity index (χ1n) is 24.1. The van der Waals surface area contributed by atoms with Crippen LogP contribution in [0.5, 0.6) is 0 Å². The van der Waals surface area contributed by atoms with Gasteiger partial charge in [-0.1, -0.05) is 279 Å². The van der Waals surface area contributed by atoms with E-state index in [1.807, 2.05) is 0 Å². The maximum absolute atomic E-state index is 2.47. The Bertz CT molecular complexity index is 3100. The molecule has 0 amide bonds. The summed E-state index contributed by atoms with van der Waals surface area (Å²) in [6.45, 7) is 0. The van der Waals surface area contributed by atoms with Crippen molar-refractivity contribution in [3.05, 3.63) is 358 Å². The molecule has 11 aromatic rings. The van der Waals surface area contributed by atoms with E-state index in [9.17, 15) is 0 Å². The van der Waals surface area contributed by atoms with Gasteiger partial charge >= 0.3 is 0 Å². The Morgan fingerprint density at radius 3 is 0.797 bits per heavy atom. The summed E-state index contributed by atoms with van der Waals surface area (Å²) in [5.74, 6) is 0.0663. The number of benzene rings is 11. The van der Waals surface area contributed by atoms with Gasteiger partial charge in [0, 0.05) is 5.92 Å². The van der Waals surface area contributed by atoms with Gasteiger partial charge in [0.05, 0.1) is 10.8 Å². The fourth-order valence-corrected chi connectivity index (χ4v) is 11.7. The standard InChI is InChI=1S/C69H50/c1-7-27-55(28-8-1)68(56-29-9-2-10-30-56,57-31-11-3-12-32-57)61-39-23-25-50(48-61)52-45-53(47-54(46-52)67-65-43-21-19-41-63(65)64-42-20-22-44-66(64)67)51-26-24-40-62(49-51)69(58-33-13-4-14-34-58,59-35-15-5-16-36-59)60-37-17-6-18-38-60/h1-49,67H. The molecule has 326 valence electrons. The zero-order valence-electron chi connectivity index (χ0n) is 38.4. The second-order valence-electron chi connectivity index (χ2n) is 18.3. The normalized spacial score (nSPS) is 12.3. The molecular weight excluding hydrogens is 829 g/mol. The molecule has 0 fully saturated rings. The van der Waals surface area contributed by atoms with Crippen molar-refractivity contribution in [2.24, 2.45) is 0 Å². The van der Waals surface area contributed by atoms with E-state index in [-0.39, 0.29) is 5.92 Å². The van der Waals surface area contributed by atoms with Crippen molar-refractivity contribution in [3.8, 4) is 33.4 Å². The van der Waals surface area contributed by atoms with Gasteiger partial charge in [-0.15, -0.1) is 0 Å². The second kappa shape index (κ2) is 17.9. The minimum absolute atomic E-state index is 0.0663. The molecule has 0 radical (unpaired) electrons. The summed E-state index contributed by atoms with van der Waals surface area (Å²) in [4.78, 5) is 0. The van der Waals surface area contributed by atoms with Crippen LogP contribution in [0.25, 0.3) is 33.4 Å². The molecule has 0 N–H and O–H groups in total. The van der Waals surface area contributed by atoms with Crippen LogP contribution < -0.4 is 0 Å². The van der Waals surface area contributed by atoms with Gasteiger partial charge in [0.25, 0.3) is 0 Å². The van der Waals surface area contributed by atoms with E-state index in [4.69, 9.17) is 0 Å². The van der Waals surface area contributed by atoms with Crippen LogP contribution in [-0.2, 0) is 10.8 Å². The van der Waals surface area contributed by atoms with Crippen molar-refractivity contribution in [1.29, 1.82) is 0 Å². The van der Waals surface area contributed by atoms with E-state index in [1.165, 1.54) is 94.6 Å². The van der Waals surface area contributed by atoms with Gasteiger partial charge in [-0.25, -0.2) is 0 Å². The van der Waals surface area contributed by atoms with Crippen LogP contribution in [0, 0.1) is 0 Å². The van der Waals surface area contributed by atoms with Crippen molar-refractivity contribution < 1.29 is 0 Å². The summed E-state index contributed by atoms with van der Waals surface area (Å²) in [6.07, 6.45) is 0. The SMILES string of the molecule is c1ccc(C(c2ccccc2)(c2ccccc2)c2cccc(-c3cc(-c4cccc(C(c5ccccc5)(c5ccccc5)c5ccccc5)c4)cc(C4c5ccccc5-c5ccccc54)c3)c2)cc1. The van der Waals surface area contributed by atoms with E-state index in [1.54, 1.807) is 0 Å². The minimum atomic E-state index is -0.576. The lowest BCUT2D eigenvalue weighted by Gasteiger charge is -2.37. The van der Waals surface area contributed by atoms with E-state index >= 15 is 0 Å². The molecule has 0 nitrogen and oxygen atoms in total. The van der Waals surface area contributed by atoms with E-state index in [0.29, 0.717) is 0 Å². The van der Waals surface area contributed by atoms with Crippen molar-refractivity contribution in [2.45, 2.75) is 16.7 Å². The highest BCUT2D eigenvalue weighted by atomic mass is 14.4.